The van der Waals surface area contributed by atoms with E-state index in [4.69, 9.17) is 9.47 Å². The van der Waals surface area contributed by atoms with Gasteiger partial charge in [0.25, 0.3) is 0 Å². The molecule has 1 saturated heterocycles. The summed E-state index contributed by atoms with van der Waals surface area (Å²) >= 11 is 0. The fourth-order valence-electron chi connectivity index (χ4n) is 4.71. The molecular formula is C25H32N2O4. The van der Waals surface area contributed by atoms with Gasteiger partial charge in [-0.25, -0.2) is 0 Å². The highest BCUT2D eigenvalue weighted by molar-refractivity contribution is 5.78. The summed E-state index contributed by atoms with van der Waals surface area (Å²) in [5.74, 6) is 1.34. The molecule has 1 atom stereocenters. The number of hydrogen-bond acceptors (Lipinski definition) is 5. The molecule has 0 bridgehead atoms. The predicted molar refractivity (Wildman–Crippen MR) is 121 cm³/mol. The fraction of sp³-hybridized carbons (Fsp3) is 0.480. The van der Waals surface area contributed by atoms with E-state index in [9.17, 15) is 9.90 Å². The molecular weight excluding hydrogens is 392 g/mol. The maximum Gasteiger partial charge on any atom is 0.248 e. The third kappa shape index (κ3) is 5.13. The van der Waals surface area contributed by atoms with Crippen LogP contribution in [0.5, 0.6) is 11.5 Å². The van der Waals surface area contributed by atoms with Gasteiger partial charge in [-0.15, -0.1) is 0 Å². The number of carbonyl (C=O) groups is 1. The van der Waals surface area contributed by atoms with Crippen LogP contribution >= 0.6 is 0 Å². The fourth-order valence-corrected chi connectivity index (χ4v) is 4.71. The Morgan fingerprint density at radius 1 is 1.06 bits per heavy atom. The highest BCUT2D eigenvalue weighted by Crippen LogP contribution is 2.35. The lowest BCUT2D eigenvalue weighted by Crippen LogP contribution is -2.56. The van der Waals surface area contributed by atoms with Crippen molar-refractivity contribution in [3.63, 3.8) is 0 Å². The number of carbonyl (C=O) groups excluding carboxylic acids is 1. The Bertz CT molecular complexity index is 867. The second-order valence-electron chi connectivity index (χ2n) is 8.39. The van der Waals surface area contributed by atoms with Crippen LogP contribution in [0.15, 0.2) is 48.5 Å². The molecule has 166 valence electrons. The van der Waals surface area contributed by atoms with Gasteiger partial charge in [-0.2, -0.15) is 0 Å². The van der Waals surface area contributed by atoms with Gasteiger partial charge in [0.1, 0.15) is 6.61 Å². The molecule has 1 heterocycles. The molecule has 0 aromatic heterocycles. The molecule has 1 aliphatic carbocycles. The summed E-state index contributed by atoms with van der Waals surface area (Å²) in [5.41, 5.74) is 2.26. The summed E-state index contributed by atoms with van der Waals surface area (Å²) < 4.78 is 11.8. The molecule has 1 saturated carbocycles. The van der Waals surface area contributed by atoms with Gasteiger partial charge in [0.15, 0.2) is 11.5 Å². The Morgan fingerprint density at radius 2 is 1.84 bits per heavy atom. The van der Waals surface area contributed by atoms with Crippen LogP contribution in [0, 0.1) is 0 Å². The van der Waals surface area contributed by atoms with E-state index in [1.165, 1.54) is 18.4 Å². The molecule has 0 radical (unpaired) electrons. The molecule has 4 rings (SSSR count). The summed E-state index contributed by atoms with van der Waals surface area (Å²) in [6.07, 6.45) is 5.63. The van der Waals surface area contributed by atoms with Gasteiger partial charge in [0.05, 0.1) is 19.3 Å². The highest BCUT2D eigenvalue weighted by atomic mass is 16.5. The Morgan fingerprint density at radius 3 is 2.55 bits per heavy atom. The second-order valence-corrected chi connectivity index (χ2v) is 8.39. The third-order valence-corrected chi connectivity index (χ3v) is 6.36. The topological polar surface area (TPSA) is 62.2 Å². The van der Waals surface area contributed by atoms with Crippen LogP contribution in [0.25, 0.3) is 0 Å². The largest absolute Gasteiger partial charge is 0.493 e. The van der Waals surface area contributed by atoms with Crippen molar-refractivity contribution in [3.8, 4) is 11.5 Å². The third-order valence-electron chi connectivity index (χ3n) is 6.36. The number of amides is 1. The van der Waals surface area contributed by atoms with Crippen molar-refractivity contribution in [1.29, 1.82) is 0 Å². The molecule has 0 unspecified atom stereocenters. The van der Waals surface area contributed by atoms with E-state index < -0.39 is 6.61 Å². The smallest absolute Gasteiger partial charge is 0.248 e. The quantitative estimate of drug-likeness (QED) is 0.739. The maximum atomic E-state index is 12.4. The van der Waals surface area contributed by atoms with E-state index >= 15 is 0 Å². The molecule has 1 amide bonds. The normalized spacial score (nSPS) is 19.5. The minimum absolute atomic E-state index is 0.00268. The second kappa shape index (κ2) is 10.1. The number of aliphatic hydroxyl groups is 1. The van der Waals surface area contributed by atoms with Crippen molar-refractivity contribution in [2.24, 2.45) is 0 Å². The molecule has 0 spiro atoms. The van der Waals surface area contributed by atoms with Gasteiger partial charge in [-0.05, 0) is 49.8 Å². The van der Waals surface area contributed by atoms with Crippen LogP contribution < -0.4 is 14.4 Å². The molecule has 2 aromatic rings. The first-order chi connectivity index (χ1) is 15.2. The number of aliphatic hydroxyl groups excluding tert-OH is 1. The average Bonchev–Trinajstić information content (AvgIpc) is 3.32. The number of ether oxygens (including phenoxy) is 2. The van der Waals surface area contributed by atoms with Crippen molar-refractivity contribution >= 4 is 11.6 Å². The van der Waals surface area contributed by atoms with Crippen LogP contribution in [-0.4, -0.2) is 61.4 Å². The van der Waals surface area contributed by atoms with Crippen LogP contribution in [0.2, 0.25) is 0 Å². The van der Waals surface area contributed by atoms with E-state index in [2.05, 4.69) is 29.2 Å². The predicted octanol–water partition coefficient (Wildman–Crippen LogP) is 3.27. The molecule has 2 fully saturated rings. The molecule has 2 aromatic carbocycles. The van der Waals surface area contributed by atoms with Crippen LogP contribution in [0.4, 0.5) is 5.69 Å². The van der Waals surface area contributed by atoms with Crippen LogP contribution in [0.1, 0.15) is 31.2 Å². The van der Waals surface area contributed by atoms with Crippen LogP contribution in [-0.2, 0) is 11.2 Å². The molecule has 1 aliphatic heterocycles. The minimum atomic E-state index is -0.451. The summed E-state index contributed by atoms with van der Waals surface area (Å²) in [6.45, 7) is 1.55. The van der Waals surface area contributed by atoms with Crippen molar-refractivity contribution in [2.45, 2.75) is 44.2 Å². The monoisotopic (exact) mass is 424 g/mol. The molecule has 6 heteroatoms. The first-order valence-corrected chi connectivity index (χ1v) is 11.2. The Labute approximate surface area is 184 Å². The highest BCUT2D eigenvalue weighted by Gasteiger charge is 2.31. The zero-order chi connectivity index (χ0) is 21.6. The van der Waals surface area contributed by atoms with E-state index in [0.717, 1.165) is 36.4 Å². The van der Waals surface area contributed by atoms with Gasteiger partial charge < -0.3 is 24.4 Å². The Balaban J connectivity index is 1.54. The minimum Gasteiger partial charge on any atom is -0.493 e. The molecule has 6 nitrogen and oxygen atoms in total. The number of rotatable bonds is 7. The van der Waals surface area contributed by atoms with Crippen molar-refractivity contribution in [1.82, 2.24) is 4.90 Å². The van der Waals surface area contributed by atoms with Crippen molar-refractivity contribution in [3.05, 3.63) is 54.1 Å². The zero-order valence-corrected chi connectivity index (χ0v) is 18.2. The Kier molecular flexibility index (Phi) is 6.97. The van der Waals surface area contributed by atoms with Gasteiger partial charge in [0, 0.05) is 31.4 Å². The summed E-state index contributed by atoms with van der Waals surface area (Å²) in [6, 6.07) is 16.3. The maximum absolute atomic E-state index is 12.4. The molecule has 31 heavy (non-hydrogen) atoms. The lowest BCUT2D eigenvalue weighted by atomic mass is 10.0. The molecule has 2 aliphatic rings. The van der Waals surface area contributed by atoms with Gasteiger partial charge >= 0.3 is 0 Å². The number of methoxy groups -OCH3 is 1. The summed E-state index contributed by atoms with van der Waals surface area (Å²) in [4.78, 5) is 16.5. The van der Waals surface area contributed by atoms with Crippen molar-refractivity contribution in [2.75, 3.05) is 38.3 Å². The van der Waals surface area contributed by atoms with E-state index in [1.807, 2.05) is 29.2 Å². The average molecular weight is 425 g/mol. The summed E-state index contributed by atoms with van der Waals surface area (Å²) in [5, 5.41) is 9.45. The first-order valence-electron chi connectivity index (χ1n) is 11.2. The van der Waals surface area contributed by atoms with Crippen molar-refractivity contribution < 1.29 is 19.4 Å². The zero-order valence-electron chi connectivity index (χ0n) is 18.2. The van der Waals surface area contributed by atoms with Gasteiger partial charge in [-0.3, -0.25) is 4.79 Å². The lowest BCUT2D eigenvalue weighted by Gasteiger charge is -2.42. The first kappa shape index (κ1) is 21.5. The number of nitrogens with zero attached hydrogens (tertiary/aromatic N) is 2. The SMILES string of the molecule is COc1ccc(N2CCN(C(=O)CO)[C@@H](Cc3ccccc3)C2)cc1OC1CCCC1. The summed E-state index contributed by atoms with van der Waals surface area (Å²) in [7, 11) is 1.67. The van der Waals surface area contributed by atoms with E-state index in [0.29, 0.717) is 19.6 Å². The number of anilines is 1. The van der Waals surface area contributed by atoms with Gasteiger partial charge in [-0.1, -0.05) is 30.3 Å². The standard InChI is InChI=1S/C25H32N2O4/c1-30-23-12-11-20(16-24(23)31-22-9-5-6-10-22)26-13-14-27(25(29)18-28)21(17-26)15-19-7-3-2-4-8-19/h2-4,7-8,11-12,16,21-22,28H,5-6,9-10,13-15,17-18H2,1H3/t21-/m0/s1. The number of benzene rings is 2. The Hall–Kier alpha value is -2.73. The van der Waals surface area contributed by atoms with Crippen LogP contribution in [0.3, 0.4) is 0 Å². The molecule has 1 N–H and O–H groups in total. The van der Waals surface area contributed by atoms with E-state index in [1.54, 1.807) is 7.11 Å². The lowest BCUT2D eigenvalue weighted by molar-refractivity contribution is -0.136. The van der Waals surface area contributed by atoms with Gasteiger partial charge in [0.2, 0.25) is 5.91 Å². The number of hydrogen-bond donors (Lipinski definition) is 1. The number of piperazine rings is 1. The van der Waals surface area contributed by atoms with E-state index in [-0.39, 0.29) is 18.1 Å².